The number of nitrogens with zero attached hydrogens (tertiary/aromatic N) is 6. The molecule has 2 unspecified atom stereocenters. The standard InChI is InChI=1S/C25H29FN8O3/c1-16-12-29-34(31-16)19-6-4-18(5-7-19)13-32-11-9-25(8-10-27,21(26)15-32)33-14-20(23(28)35)22(17(33)2)30-24(36)37-3/h4-7,12,14,21H,8-9,11,13,15H2,1-3H3,(H2,28,35)(H,30,36). The fourth-order valence-electron chi connectivity index (χ4n) is 4.86. The van der Waals surface area contributed by atoms with E-state index in [1.807, 2.05) is 36.1 Å². The minimum atomic E-state index is -1.42. The molecule has 0 saturated carbocycles. The lowest BCUT2D eigenvalue weighted by Crippen LogP contribution is -2.54. The number of nitrogens with one attached hydrogen (secondary N) is 1. The van der Waals surface area contributed by atoms with Crippen molar-refractivity contribution in [2.45, 2.75) is 44.9 Å². The summed E-state index contributed by atoms with van der Waals surface area (Å²) in [5.74, 6) is -0.780. The summed E-state index contributed by atoms with van der Waals surface area (Å²) in [5.41, 5.74) is 7.56. The van der Waals surface area contributed by atoms with Crippen LogP contribution in [0.3, 0.4) is 0 Å². The SMILES string of the molecule is COC(=O)Nc1c(C(N)=O)cn(C2(CC#N)CCN(Cc3ccc(-n4ncc(C)n4)cc3)CC2F)c1C. The Balaban J connectivity index is 1.55. The van der Waals surface area contributed by atoms with Crippen LogP contribution >= 0.6 is 0 Å². The molecule has 1 saturated heterocycles. The second-order valence-electron chi connectivity index (χ2n) is 9.19. The summed E-state index contributed by atoms with van der Waals surface area (Å²) in [6, 6.07) is 9.85. The average Bonchev–Trinajstić information content (AvgIpc) is 3.45. The molecule has 2 amide bonds. The van der Waals surface area contributed by atoms with Crippen LogP contribution in [0.1, 0.15) is 40.2 Å². The average molecular weight is 509 g/mol. The third-order valence-electron chi connectivity index (χ3n) is 6.84. The molecule has 1 aliphatic heterocycles. The smallest absolute Gasteiger partial charge is 0.411 e. The normalized spacial score (nSPS) is 19.8. The van der Waals surface area contributed by atoms with Crippen LogP contribution in [-0.4, -0.2) is 62.8 Å². The van der Waals surface area contributed by atoms with E-state index in [0.717, 1.165) is 16.9 Å². The topological polar surface area (TPSA) is 144 Å². The molecule has 194 valence electrons. The van der Waals surface area contributed by atoms with Gasteiger partial charge in [0.15, 0.2) is 0 Å². The van der Waals surface area contributed by atoms with Gasteiger partial charge in [-0.1, -0.05) is 12.1 Å². The summed E-state index contributed by atoms with van der Waals surface area (Å²) in [4.78, 5) is 27.5. The van der Waals surface area contributed by atoms with Gasteiger partial charge in [0.05, 0.1) is 54.0 Å². The van der Waals surface area contributed by atoms with Crippen molar-refractivity contribution < 1.29 is 18.7 Å². The first-order valence-corrected chi connectivity index (χ1v) is 11.8. The Kier molecular flexibility index (Phi) is 7.26. The van der Waals surface area contributed by atoms with Crippen molar-refractivity contribution >= 4 is 17.7 Å². The van der Waals surface area contributed by atoms with E-state index >= 15 is 4.39 Å². The van der Waals surface area contributed by atoms with E-state index in [4.69, 9.17) is 5.73 Å². The number of likely N-dealkylation sites (tertiary alicyclic amines) is 1. The molecule has 1 aromatic carbocycles. The molecule has 12 heteroatoms. The van der Waals surface area contributed by atoms with E-state index in [0.29, 0.717) is 25.2 Å². The number of aryl methyl sites for hydroxylation is 1. The van der Waals surface area contributed by atoms with Crippen molar-refractivity contribution in [2.24, 2.45) is 5.73 Å². The number of ether oxygens (including phenoxy) is 1. The zero-order valence-electron chi connectivity index (χ0n) is 20.9. The van der Waals surface area contributed by atoms with Gasteiger partial charge in [-0.05, 0) is 38.0 Å². The number of amides is 2. The molecule has 2 atom stereocenters. The van der Waals surface area contributed by atoms with E-state index in [-0.39, 0.29) is 24.2 Å². The number of carbonyl (C=O) groups excluding carboxylic acids is 2. The number of hydrogen-bond acceptors (Lipinski definition) is 7. The first kappa shape index (κ1) is 25.8. The fraction of sp³-hybridized carbons (Fsp3) is 0.400. The van der Waals surface area contributed by atoms with Crippen molar-refractivity contribution in [3.05, 3.63) is 59.2 Å². The summed E-state index contributed by atoms with van der Waals surface area (Å²) in [7, 11) is 1.19. The van der Waals surface area contributed by atoms with Crippen molar-refractivity contribution in [2.75, 3.05) is 25.5 Å². The molecule has 1 aliphatic rings. The molecule has 0 spiro atoms. The molecular formula is C25H29FN8O3. The van der Waals surface area contributed by atoms with E-state index in [1.165, 1.54) is 13.3 Å². The Bertz CT molecular complexity index is 1340. The Hall–Kier alpha value is -4.24. The zero-order valence-corrected chi connectivity index (χ0v) is 20.9. The minimum absolute atomic E-state index is 0.0248. The largest absolute Gasteiger partial charge is 0.453 e. The number of carbonyl (C=O) groups is 2. The number of piperidine rings is 1. The highest BCUT2D eigenvalue weighted by molar-refractivity contribution is 6.02. The summed E-state index contributed by atoms with van der Waals surface area (Å²) in [6.07, 6.45) is 1.11. The summed E-state index contributed by atoms with van der Waals surface area (Å²) in [6.45, 7) is 4.66. The number of alkyl halides is 1. The molecule has 3 N–H and O–H groups in total. The second kappa shape index (κ2) is 10.4. The third kappa shape index (κ3) is 5.03. The maximum absolute atomic E-state index is 16.0. The number of hydrogen-bond donors (Lipinski definition) is 2. The molecule has 4 rings (SSSR count). The summed E-state index contributed by atoms with van der Waals surface area (Å²) < 4.78 is 22.2. The number of methoxy groups -OCH3 is 1. The van der Waals surface area contributed by atoms with Crippen LogP contribution in [0.5, 0.6) is 0 Å². The molecule has 0 aliphatic carbocycles. The lowest BCUT2D eigenvalue weighted by molar-refractivity contribution is 0.0135. The van der Waals surface area contributed by atoms with Gasteiger partial charge in [-0.25, -0.2) is 9.18 Å². The van der Waals surface area contributed by atoms with Gasteiger partial charge in [0.1, 0.15) is 6.17 Å². The molecule has 11 nitrogen and oxygen atoms in total. The van der Waals surface area contributed by atoms with E-state index < -0.39 is 23.7 Å². The van der Waals surface area contributed by atoms with Gasteiger partial charge in [0.25, 0.3) is 5.91 Å². The first-order valence-electron chi connectivity index (χ1n) is 11.8. The molecule has 2 aromatic heterocycles. The van der Waals surface area contributed by atoms with Crippen LogP contribution in [0, 0.1) is 25.2 Å². The summed E-state index contributed by atoms with van der Waals surface area (Å²) in [5, 5.41) is 20.6. The number of nitrogens with two attached hydrogens (primary N) is 1. The lowest BCUT2D eigenvalue weighted by Gasteiger charge is -2.45. The van der Waals surface area contributed by atoms with Crippen LogP contribution in [0.2, 0.25) is 0 Å². The number of nitriles is 1. The van der Waals surface area contributed by atoms with Crippen molar-refractivity contribution in [3.63, 3.8) is 0 Å². The Morgan fingerprint density at radius 3 is 2.62 bits per heavy atom. The molecule has 3 aromatic rings. The van der Waals surface area contributed by atoms with Crippen LogP contribution in [0.25, 0.3) is 5.69 Å². The molecular weight excluding hydrogens is 479 g/mol. The van der Waals surface area contributed by atoms with Crippen LogP contribution in [0.15, 0.2) is 36.7 Å². The van der Waals surface area contributed by atoms with Crippen molar-refractivity contribution in [1.82, 2.24) is 24.5 Å². The Morgan fingerprint density at radius 2 is 2.05 bits per heavy atom. The van der Waals surface area contributed by atoms with Gasteiger partial charge in [-0.2, -0.15) is 20.3 Å². The Labute approximate surface area is 213 Å². The highest BCUT2D eigenvalue weighted by atomic mass is 19.1. The highest BCUT2D eigenvalue weighted by Gasteiger charge is 2.46. The maximum atomic E-state index is 16.0. The number of halogens is 1. The van der Waals surface area contributed by atoms with Crippen molar-refractivity contribution in [3.8, 4) is 11.8 Å². The first-order chi connectivity index (χ1) is 17.7. The maximum Gasteiger partial charge on any atom is 0.411 e. The molecule has 0 bridgehead atoms. The third-order valence-corrected chi connectivity index (χ3v) is 6.84. The molecule has 3 heterocycles. The van der Waals surface area contributed by atoms with E-state index in [9.17, 15) is 14.9 Å². The predicted molar refractivity (Wildman–Crippen MR) is 133 cm³/mol. The number of anilines is 1. The predicted octanol–water partition coefficient (Wildman–Crippen LogP) is 2.82. The van der Waals surface area contributed by atoms with Gasteiger partial charge in [0, 0.05) is 31.5 Å². The minimum Gasteiger partial charge on any atom is -0.453 e. The van der Waals surface area contributed by atoms with Crippen LogP contribution < -0.4 is 11.1 Å². The van der Waals surface area contributed by atoms with Crippen molar-refractivity contribution in [1.29, 1.82) is 5.26 Å². The van der Waals surface area contributed by atoms with Gasteiger partial charge < -0.3 is 15.0 Å². The number of aromatic nitrogens is 4. The van der Waals surface area contributed by atoms with Crippen LogP contribution in [0.4, 0.5) is 14.9 Å². The van der Waals surface area contributed by atoms with Gasteiger partial charge >= 0.3 is 6.09 Å². The Morgan fingerprint density at radius 1 is 1.32 bits per heavy atom. The quantitative estimate of drug-likeness (QED) is 0.499. The highest BCUT2D eigenvalue weighted by Crippen LogP contribution is 2.40. The van der Waals surface area contributed by atoms with E-state index in [1.54, 1.807) is 22.5 Å². The number of rotatable bonds is 7. The van der Waals surface area contributed by atoms with Crippen LogP contribution in [-0.2, 0) is 16.8 Å². The zero-order chi connectivity index (χ0) is 26.7. The molecule has 1 fully saturated rings. The summed E-state index contributed by atoms with van der Waals surface area (Å²) >= 11 is 0. The fourth-order valence-corrected chi connectivity index (χ4v) is 4.86. The van der Waals surface area contributed by atoms with Gasteiger partial charge in [-0.15, -0.1) is 0 Å². The van der Waals surface area contributed by atoms with Gasteiger partial charge in [0.2, 0.25) is 0 Å². The monoisotopic (exact) mass is 508 g/mol. The number of primary amides is 1. The molecule has 0 radical (unpaired) electrons. The van der Waals surface area contributed by atoms with E-state index in [2.05, 4.69) is 26.3 Å². The number of benzene rings is 1. The lowest BCUT2D eigenvalue weighted by atomic mass is 9.82. The second-order valence-corrected chi connectivity index (χ2v) is 9.19. The molecule has 37 heavy (non-hydrogen) atoms. The van der Waals surface area contributed by atoms with Gasteiger partial charge in [-0.3, -0.25) is 15.0 Å².